The van der Waals surface area contributed by atoms with Crippen LogP contribution in [0.25, 0.3) is 10.4 Å². The molecule has 0 saturated heterocycles. The van der Waals surface area contributed by atoms with Crippen LogP contribution in [0.1, 0.15) is 26.4 Å². The van der Waals surface area contributed by atoms with Crippen molar-refractivity contribution in [2.75, 3.05) is 0 Å². The zero-order chi connectivity index (χ0) is 11.7. The lowest BCUT2D eigenvalue weighted by Gasteiger charge is -2.07. The Labute approximate surface area is 99.8 Å². The number of rotatable bonds is 2. The Hall–Kier alpha value is -1.41. The topological polar surface area (TPSA) is 17.1 Å². The molecule has 0 saturated carbocycles. The van der Waals surface area contributed by atoms with E-state index >= 15 is 0 Å². The van der Waals surface area contributed by atoms with Gasteiger partial charge in [-0.3, -0.25) is 4.79 Å². The van der Waals surface area contributed by atoms with Crippen LogP contribution in [0.4, 0.5) is 0 Å². The Balaban J connectivity index is 2.62. The Morgan fingerprint density at radius 3 is 2.50 bits per heavy atom. The largest absolute Gasteiger partial charge is 0.297 e. The summed E-state index contributed by atoms with van der Waals surface area (Å²) in [4.78, 5) is 12.8. The van der Waals surface area contributed by atoms with E-state index in [1.165, 1.54) is 27.1 Å². The maximum Gasteiger partial charge on any atom is 0.160 e. The minimum absolute atomic E-state index is 0.799. The first-order valence-electron chi connectivity index (χ1n) is 5.25. The summed E-state index contributed by atoms with van der Waals surface area (Å²) in [5, 5.41) is 0. The molecule has 2 heteroatoms. The van der Waals surface area contributed by atoms with Gasteiger partial charge in [0, 0.05) is 4.88 Å². The fourth-order valence-electron chi connectivity index (χ4n) is 1.83. The molecule has 0 aliphatic rings. The number of thiophene rings is 1. The van der Waals surface area contributed by atoms with E-state index in [-0.39, 0.29) is 0 Å². The summed E-state index contributed by atoms with van der Waals surface area (Å²) < 4.78 is 0. The van der Waals surface area contributed by atoms with Crippen molar-refractivity contribution in [3.8, 4) is 10.4 Å². The highest BCUT2D eigenvalue weighted by Crippen LogP contribution is 2.34. The van der Waals surface area contributed by atoms with Crippen molar-refractivity contribution in [3.63, 3.8) is 0 Å². The monoisotopic (exact) mass is 230 g/mol. The molecule has 0 bridgehead atoms. The van der Waals surface area contributed by atoms with Gasteiger partial charge in [-0.05, 0) is 49.1 Å². The third kappa shape index (κ3) is 1.81. The maximum absolute atomic E-state index is 10.8. The van der Waals surface area contributed by atoms with Crippen LogP contribution in [-0.2, 0) is 0 Å². The van der Waals surface area contributed by atoms with Gasteiger partial charge in [0.25, 0.3) is 0 Å². The van der Waals surface area contributed by atoms with E-state index < -0.39 is 0 Å². The summed E-state index contributed by atoms with van der Waals surface area (Å²) in [5.74, 6) is 0. The molecule has 1 aromatic heterocycles. The van der Waals surface area contributed by atoms with Crippen LogP contribution in [-0.4, -0.2) is 6.29 Å². The lowest BCUT2D eigenvalue weighted by molar-refractivity contribution is 0.112. The molecule has 0 fully saturated rings. The highest BCUT2D eigenvalue weighted by Gasteiger charge is 2.10. The number of hydrogen-bond donors (Lipinski definition) is 0. The summed E-state index contributed by atoms with van der Waals surface area (Å²) >= 11 is 1.57. The molecule has 0 aliphatic heterocycles. The Morgan fingerprint density at radius 1 is 1.12 bits per heavy atom. The first-order chi connectivity index (χ1) is 7.63. The summed E-state index contributed by atoms with van der Waals surface area (Å²) in [6.07, 6.45) is 0.923. The third-order valence-corrected chi connectivity index (χ3v) is 4.10. The van der Waals surface area contributed by atoms with E-state index in [2.05, 4.69) is 39.0 Å². The van der Waals surface area contributed by atoms with Crippen molar-refractivity contribution in [3.05, 3.63) is 45.8 Å². The van der Waals surface area contributed by atoms with E-state index in [1.807, 2.05) is 6.07 Å². The van der Waals surface area contributed by atoms with Gasteiger partial charge in [0.1, 0.15) is 0 Å². The summed E-state index contributed by atoms with van der Waals surface area (Å²) in [6, 6.07) is 8.25. The molecular weight excluding hydrogens is 216 g/mol. The highest BCUT2D eigenvalue weighted by atomic mass is 32.1. The second-order valence-electron chi connectivity index (χ2n) is 4.03. The minimum Gasteiger partial charge on any atom is -0.297 e. The molecule has 1 nitrogen and oxygen atoms in total. The lowest BCUT2D eigenvalue weighted by Crippen LogP contribution is -1.85. The molecule has 0 amide bonds. The van der Waals surface area contributed by atoms with Gasteiger partial charge < -0.3 is 0 Å². The van der Waals surface area contributed by atoms with Crippen molar-refractivity contribution >= 4 is 17.6 Å². The average molecular weight is 230 g/mol. The lowest BCUT2D eigenvalue weighted by atomic mass is 10.0. The molecule has 16 heavy (non-hydrogen) atoms. The van der Waals surface area contributed by atoms with Crippen LogP contribution in [0.5, 0.6) is 0 Å². The SMILES string of the molecule is Cc1cc(C=O)sc1-c1cccc(C)c1C. The van der Waals surface area contributed by atoms with E-state index in [1.54, 1.807) is 11.3 Å². The predicted octanol–water partition coefficient (Wildman–Crippen LogP) is 4.15. The molecule has 2 rings (SSSR count). The molecule has 0 radical (unpaired) electrons. The fraction of sp³-hybridized carbons (Fsp3) is 0.214. The zero-order valence-corrected chi connectivity index (χ0v) is 10.5. The predicted molar refractivity (Wildman–Crippen MR) is 69.4 cm³/mol. The molecule has 0 spiro atoms. The number of aryl methyl sites for hydroxylation is 2. The van der Waals surface area contributed by atoms with Gasteiger partial charge in [0.15, 0.2) is 6.29 Å². The Kier molecular flexibility index (Phi) is 2.92. The Morgan fingerprint density at radius 2 is 1.88 bits per heavy atom. The zero-order valence-electron chi connectivity index (χ0n) is 9.70. The van der Waals surface area contributed by atoms with Gasteiger partial charge in [-0.1, -0.05) is 18.2 Å². The molecule has 1 aromatic carbocycles. The third-order valence-electron chi connectivity index (χ3n) is 2.90. The van der Waals surface area contributed by atoms with Crippen LogP contribution in [0.3, 0.4) is 0 Å². The van der Waals surface area contributed by atoms with Crippen molar-refractivity contribution < 1.29 is 4.79 Å². The summed E-state index contributed by atoms with van der Waals surface area (Å²) in [7, 11) is 0. The molecule has 0 atom stereocenters. The van der Waals surface area contributed by atoms with Crippen LogP contribution in [0, 0.1) is 20.8 Å². The molecule has 0 unspecified atom stereocenters. The molecular formula is C14H14OS. The van der Waals surface area contributed by atoms with Gasteiger partial charge in [0.2, 0.25) is 0 Å². The van der Waals surface area contributed by atoms with Crippen molar-refractivity contribution in [2.45, 2.75) is 20.8 Å². The maximum atomic E-state index is 10.8. The molecule has 0 aliphatic carbocycles. The van der Waals surface area contributed by atoms with Gasteiger partial charge in [-0.2, -0.15) is 0 Å². The van der Waals surface area contributed by atoms with Crippen molar-refractivity contribution in [2.24, 2.45) is 0 Å². The van der Waals surface area contributed by atoms with Gasteiger partial charge >= 0.3 is 0 Å². The van der Waals surface area contributed by atoms with E-state index in [0.717, 1.165) is 11.2 Å². The second kappa shape index (κ2) is 4.22. The smallest absolute Gasteiger partial charge is 0.160 e. The van der Waals surface area contributed by atoms with Crippen molar-refractivity contribution in [1.82, 2.24) is 0 Å². The quantitative estimate of drug-likeness (QED) is 0.708. The number of benzene rings is 1. The number of carbonyl (C=O) groups is 1. The minimum atomic E-state index is 0.799. The summed E-state index contributed by atoms with van der Waals surface area (Å²) in [6.45, 7) is 6.30. The first-order valence-corrected chi connectivity index (χ1v) is 6.07. The number of hydrogen-bond acceptors (Lipinski definition) is 2. The molecule has 2 aromatic rings. The number of carbonyl (C=O) groups excluding carboxylic acids is 1. The molecule has 82 valence electrons. The van der Waals surface area contributed by atoms with Gasteiger partial charge in [0.05, 0.1) is 4.88 Å². The van der Waals surface area contributed by atoms with Crippen LogP contribution < -0.4 is 0 Å². The summed E-state index contributed by atoms with van der Waals surface area (Å²) in [5.41, 5.74) is 5.01. The van der Waals surface area contributed by atoms with Crippen LogP contribution in [0.2, 0.25) is 0 Å². The fourth-order valence-corrected chi connectivity index (χ4v) is 2.90. The van der Waals surface area contributed by atoms with Crippen LogP contribution in [0.15, 0.2) is 24.3 Å². The molecule has 0 N–H and O–H groups in total. The van der Waals surface area contributed by atoms with E-state index in [9.17, 15) is 4.79 Å². The first kappa shape index (κ1) is 11.1. The van der Waals surface area contributed by atoms with Crippen molar-refractivity contribution in [1.29, 1.82) is 0 Å². The Bertz CT molecular complexity index is 538. The van der Waals surface area contributed by atoms with Gasteiger partial charge in [-0.15, -0.1) is 11.3 Å². The van der Waals surface area contributed by atoms with Crippen LogP contribution >= 0.6 is 11.3 Å². The molecule has 1 heterocycles. The normalized spacial score (nSPS) is 10.4. The second-order valence-corrected chi connectivity index (χ2v) is 5.11. The van der Waals surface area contributed by atoms with Gasteiger partial charge in [-0.25, -0.2) is 0 Å². The standard InChI is InChI=1S/C14H14OS/c1-9-5-4-6-13(11(9)3)14-10(2)7-12(8-15)16-14/h4-8H,1-3H3. The average Bonchev–Trinajstić information content (AvgIpc) is 2.64. The van der Waals surface area contributed by atoms with E-state index in [4.69, 9.17) is 0 Å². The highest BCUT2D eigenvalue weighted by molar-refractivity contribution is 7.17. The van der Waals surface area contributed by atoms with E-state index in [0.29, 0.717) is 0 Å². The number of aldehydes is 1.